The first kappa shape index (κ1) is 21.6. The molecule has 3 heterocycles. The summed E-state index contributed by atoms with van der Waals surface area (Å²) in [6.07, 6.45) is 2.84. The van der Waals surface area contributed by atoms with Crippen LogP contribution in [0.4, 0.5) is 16.3 Å². The van der Waals surface area contributed by atoms with Crippen molar-refractivity contribution in [2.45, 2.75) is 51.7 Å². The Morgan fingerprint density at radius 3 is 2.61 bits per heavy atom. The minimum atomic E-state index is -0.178. The van der Waals surface area contributed by atoms with Gasteiger partial charge in [0, 0.05) is 42.9 Å². The molecule has 5 rings (SSSR count). The summed E-state index contributed by atoms with van der Waals surface area (Å²) in [7, 11) is 0. The zero-order chi connectivity index (χ0) is 22.9. The summed E-state index contributed by atoms with van der Waals surface area (Å²) < 4.78 is 5.64. The van der Waals surface area contributed by atoms with E-state index in [9.17, 15) is 9.59 Å². The highest BCUT2D eigenvalue weighted by molar-refractivity contribution is 5.89. The number of nitrogens with one attached hydrogen (secondary N) is 2. The van der Waals surface area contributed by atoms with E-state index in [0.29, 0.717) is 38.2 Å². The van der Waals surface area contributed by atoms with Gasteiger partial charge in [0.15, 0.2) is 5.82 Å². The molecule has 1 saturated carbocycles. The van der Waals surface area contributed by atoms with Crippen LogP contribution in [0.1, 0.15) is 37.9 Å². The predicted octanol–water partition coefficient (Wildman–Crippen LogP) is 2.56. The van der Waals surface area contributed by atoms with Crippen LogP contribution in [-0.4, -0.2) is 65.2 Å². The third kappa shape index (κ3) is 4.78. The summed E-state index contributed by atoms with van der Waals surface area (Å²) >= 11 is 0. The fourth-order valence-electron chi connectivity index (χ4n) is 4.37. The monoisotopic (exact) mass is 450 g/mol. The van der Waals surface area contributed by atoms with Gasteiger partial charge in [-0.2, -0.15) is 0 Å². The SMILES string of the molecule is CC(=O)N1CCc2c(nc(-c3ccc(NC(=O)NC4CC4)cc3)nc2N2CCOC[C@@H]2C)C1. The van der Waals surface area contributed by atoms with E-state index in [-0.39, 0.29) is 18.0 Å². The molecule has 174 valence electrons. The molecular formula is C24H30N6O3. The minimum Gasteiger partial charge on any atom is -0.377 e. The smallest absolute Gasteiger partial charge is 0.319 e. The largest absolute Gasteiger partial charge is 0.377 e. The Hall–Kier alpha value is -3.20. The summed E-state index contributed by atoms with van der Waals surface area (Å²) in [5.74, 6) is 1.63. The zero-order valence-corrected chi connectivity index (χ0v) is 19.1. The Kier molecular flexibility index (Phi) is 5.88. The molecular weight excluding hydrogens is 420 g/mol. The number of anilines is 2. The van der Waals surface area contributed by atoms with Crippen molar-refractivity contribution < 1.29 is 14.3 Å². The fraction of sp³-hybridized carbons (Fsp3) is 0.500. The molecule has 33 heavy (non-hydrogen) atoms. The van der Waals surface area contributed by atoms with Gasteiger partial charge in [0.1, 0.15) is 5.82 Å². The molecule has 0 radical (unpaired) electrons. The van der Waals surface area contributed by atoms with Crippen molar-refractivity contribution in [3.8, 4) is 11.4 Å². The molecule has 2 aromatic rings. The maximum absolute atomic E-state index is 12.0. The Balaban J connectivity index is 1.45. The molecule has 9 nitrogen and oxygen atoms in total. The van der Waals surface area contributed by atoms with Gasteiger partial charge in [-0.05, 0) is 50.5 Å². The topological polar surface area (TPSA) is 99.7 Å². The minimum absolute atomic E-state index is 0.0574. The Labute approximate surface area is 193 Å². The first-order valence-electron chi connectivity index (χ1n) is 11.7. The molecule has 0 spiro atoms. The standard InChI is InChI=1S/C24H30N6O3/c1-15-14-33-12-11-30(15)23-20-9-10-29(16(2)31)13-21(20)27-22(28-23)17-3-5-18(6-4-17)25-24(32)26-19-7-8-19/h3-6,15,19H,7-14H2,1-2H3,(H2,25,26,32)/t15-/m0/s1. The van der Waals surface area contributed by atoms with Gasteiger partial charge in [0.05, 0.1) is 31.5 Å². The number of fused-ring (bicyclic) bond motifs is 1. The van der Waals surface area contributed by atoms with E-state index >= 15 is 0 Å². The number of urea groups is 1. The van der Waals surface area contributed by atoms with E-state index in [0.717, 1.165) is 54.1 Å². The number of carbonyl (C=O) groups excluding carboxylic acids is 2. The average Bonchev–Trinajstić information content (AvgIpc) is 3.62. The third-order valence-electron chi connectivity index (χ3n) is 6.44. The van der Waals surface area contributed by atoms with E-state index in [1.54, 1.807) is 6.92 Å². The van der Waals surface area contributed by atoms with Gasteiger partial charge in [-0.15, -0.1) is 0 Å². The van der Waals surface area contributed by atoms with Gasteiger partial charge >= 0.3 is 6.03 Å². The molecule has 0 bridgehead atoms. The van der Waals surface area contributed by atoms with Crippen molar-refractivity contribution in [1.29, 1.82) is 0 Å². The van der Waals surface area contributed by atoms with Crippen molar-refractivity contribution >= 4 is 23.4 Å². The molecule has 2 aliphatic heterocycles. The van der Waals surface area contributed by atoms with Crippen LogP contribution in [0.5, 0.6) is 0 Å². The van der Waals surface area contributed by atoms with Crippen LogP contribution >= 0.6 is 0 Å². The second kappa shape index (κ2) is 8.97. The summed E-state index contributed by atoms with van der Waals surface area (Å²) in [4.78, 5) is 38.0. The maximum atomic E-state index is 12.0. The van der Waals surface area contributed by atoms with Gasteiger partial charge in [0.25, 0.3) is 0 Å². The lowest BCUT2D eigenvalue weighted by atomic mass is 10.0. The second-order valence-corrected chi connectivity index (χ2v) is 9.05. The molecule has 1 saturated heterocycles. The number of nitrogens with zero attached hydrogens (tertiary/aromatic N) is 4. The third-order valence-corrected chi connectivity index (χ3v) is 6.44. The van der Waals surface area contributed by atoms with Crippen LogP contribution in [0.3, 0.4) is 0 Å². The van der Waals surface area contributed by atoms with E-state index < -0.39 is 0 Å². The van der Waals surface area contributed by atoms with Crippen LogP contribution in [0.25, 0.3) is 11.4 Å². The number of benzene rings is 1. The highest BCUT2D eigenvalue weighted by Crippen LogP contribution is 2.31. The lowest BCUT2D eigenvalue weighted by Crippen LogP contribution is -2.45. The van der Waals surface area contributed by atoms with Crippen molar-refractivity contribution in [2.24, 2.45) is 0 Å². The van der Waals surface area contributed by atoms with Gasteiger partial charge in [-0.1, -0.05) is 0 Å². The van der Waals surface area contributed by atoms with Gasteiger partial charge in [0.2, 0.25) is 5.91 Å². The Morgan fingerprint density at radius 2 is 1.91 bits per heavy atom. The number of rotatable bonds is 4. The van der Waals surface area contributed by atoms with Crippen LogP contribution in [-0.2, 0) is 22.5 Å². The van der Waals surface area contributed by atoms with Gasteiger partial charge in [-0.25, -0.2) is 14.8 Å². The molecule has 1 aromatic carbocycles. The number of hydrogen-bond donors (Lipinski definition) is 2. The lowest BCUT2D eigenvalue weighted by molar-refractivity contribution is -0.129. The normalized spacial score (nSPS) is 20.2. The summed E-state index contributed by atoms with van der Waals surface area (Å²) in [5, 5.41) is 5.79. The first-order valence-corrected chi connectivity index (χ1v) is 11.7. The van der Waals surface area contributed by atoms with Crippen LogP contribution in [0.15, 0.2) is 24.3 Å². The molecule has 1 aliphatic carbocycles. The Bertz CT molecular complexity index is 1050. The number of amides is 3. The number of morpholine rings is 1. The first-order chi connectivity index (χ1) is 16.0. The molecule has 9 heteroatoms. The number of hydrogen-bond acceptors (Lipinski definition) is 6. The summed E-state index contributed by atoms with van der Waals surface area (Å²) in [6.45, 7) is 7.03. The number of carbonyl (C=O) groups is 2. The van der Waals surface area contributed by atoms with E-state index in [1.807, 2.05) is 29.2 Å². The van der Waals surface area contributed by atoms with Gasteiger partial charge in [-0.3, -0.25) is 4.79 Å². The molecule has 0 unspecified atom stereocenters. The Morgan fingerprint density at radius 1 is 1.12 bits per heavy atom. The van der Waals surface area contributed by atoms with Crippen LogP contribution < -0.4 is 15.5 Å². The zero-order valence-electron chi connectivity index (χ0n) is 19.1. The van der Waals surface area contributed by atoms with E-state index in [4.69, 9.17) is 14.7 Å². The molecule has 2 fully saturated rings. The van der Waals surface area contributed by atoms with Crippen molar-refractivity contribution in [2.75, 3.05) is 36.5 Å². The quantitative estimate of drug-likeness (QED) is 0.743. The predicted molar refractivity (Wildman–Crippen MR) is 125 cm³/mol. The highest BCUT2D eigenvalue weighted by atomic mass is 16.5. The number of ether oxygens (including phenoxy) is 1. The van der Waals surface area contributed by atoms with Crippen LogP contribution in [0.2, 0.25) is 0 Å². The molecule has 3 amide bonds. The molecule has 1 aromatic heterocycles. The number of aromatic nitrogens is 2. The fourth-order valence-corrected chi connectivity index (χ4v) is 4.37. The van der Waals surface area contributed by atoms with Gasteiger partial charge < -0.3 is 25.2 Å². The van der Waals surface area contributed by atoms with Crippen molar-refractivity contribution in [3.05, 3.63) is 35.5 Å². The lowest BCUT2D eigenvalue weighted by Gasteiger charge is -2.37. The van der Waals surface area contributed by atoms with Crippen molar-refractivity contribution in [1.82, 2.24) is 20.2 Å². The maximum Gasteiger partial charge on any atom is 0.319 e. The molecule has 1 atom stereocenters. The average molecular weight is 451 g/mol. The summed E-state index contributed by atoms with van der Waals surface area (Å²) in [6, 6.07) is 7.92. The van der Waals surface area contributed by atoms with E-state index in [1.165, 1.54) is 0 Å². The van der Waals surface area contributed by atoms with Crippen LogP contribution in [0, 0.1) is 0 Å². The molecule has 3 aliphatic rings. The summed E-state index contributed by atoms with van der Waals surface area (Å²) in [5.41, 5.74) is 3.62. The van der Waals surface area contributed by atoms with E-state index in [2.05, 4.69) is 22.5 Å². The molecule has 2 N–H and O–H groups in total. The highest BCUT2D eigenvalue weighted by Gasteiger charge is 2.29. The van der Waals surface area contributed by atoms with Crippen molar-refractivity contribution in [3.63, 3.8) is 0 Å². The second-order valence-electron chi connectivity index (χ2n) is 9.05.